The number of benzene rings is 1. The topological polar surface area (TPSA) is 49.7 Å². The standard InChI is InChI=1S/C15H18N2O2S/c1-11-10-15(8-9-17(11)20(3,18)19)12(2)16-14-7-5-4-6-13(14)15/h4-7H,1,8-10H2,2-3H3. The van der Waals surface area contributed by atoms with Crippen molar-refractivity contribution >= 4 is 21.4 Å². The van der Waals surface area contributed by atoms with Gasteiger partial charge in [0.1, 0.15) is 0 Å². The zero-order chi connectivity index (χ0) is 14.5. The molecule has 1 fully saturated rings. The first-order valence-electron chi connectivity index (χ1n) is 6.65. The molecule has 0 aliphatic carbocycles. The van der Waals surface area contributed by atoms with Crippen LogP contribution >= 0.6 is 0 Å². The Morgan fingerprint density at radius 2 is 2.05 bits per heavy atom. The van der Waals surface area contributed by atoms with Crippen molar-refractivity contribution < 1.29 is 8.42 Å². The summed E-state index contributed by atoms with van der Waals surface area (Å²) in [6.45, 7) is 6.48. The van der Waals surface area contributed by atoms with Gasteiger partial charge in [-0.05, 0) is 25.0 Å². The third-order valence-electron chi connectivity index (χ3n) is 4.40. The van der Waals surface area contributed by atoms with E-state index >= 15 is 0 Å². The van der Waals surface area contributed by atoms with Gasteiger partial charge in [0.15, 0.2) is 0 Å². The smallest absolute Gasteiger partial charge is 0.231 e. The van der Waals surface area contributed by atoms with Crippen LogP contribution in [0.2, 0.25) is 0 Å². The first kappa shape index (κ1) is 13.4. The molecule has 3 rings (SSSR count). The van der Waals surface area contributed by atoms with Crippen molar-refractivity contribution in [3.05, 3.63) is 42.1 Å². The molecule has 20 heavy (non-hydrogen) atoms. The molecule has 1 aromatic carbocycles. The van der Waals surface area contributed by atoms with Crippen LogP contribution in [-0.2, 0) is 15.4 Å². The van der Waals surface area contributed by atoms with Crippen molar-refractivity contribution in [2.24, 2.45) is 4.99 Å². The number of nitrogens with zero attached hydrogens (tertiary/aromatic N) is 2. The average molecular weight is 290 g/mol. The molecule has 2 aliphatic heterocycles. The fraction of sp³-hybridized carbons (Fsp3) is 0.400. The summed E-state index contributed by atoms with van der Waals surface area (Å²) in [6, 6.07) is 8.10. The molecule has 0 radical (unpaired) electrons. The highest BCUT2D eigenvalue weighted by molar-refractivity contribution is 7.88. The molecule has 0 bridgehead atoms. The van der Waals surface area contributed by atoms with E-state index in [-0.39, 0.29) is 5.41 Å². The number of aliphatic imine (C=N–C) groups is 1. The van der Waals surface area contributed by atoms with E-state index in [1.54, 1.807) is 0 Å². The molecule has 1 spiro atoms. The van der Waals surface area contributed by atoms with Crippen LogP contribution in [0, 0.1) is 0 Å². The largest absolute Gasteiger partial charge is 0.275 e. The molecule has 1 aromatic rings. The highest BCUT2D eigenvalue weighted by Gasteiger charge is 2.45. The summed E-state index contributed by atoms with van der Waals surface area (Å²) in [4.78, 5) is 4.66. The number of fused-ring (bicyclic) bond motifs is 2. The maximum atomic E-state index is 11.8. The summed E-state index contributed by atoms with van der Waals surface area (Å²) in [5, 5.41) is 0. The Bertz CT molecular complexity index is 721. The highest BCUT2D eigenvalue weighted by Crippen LogP contribution is 2.48. The van der Waals surface area contributed by atoms with Gasteiger partial charge in [0.2, 0.25) is 10.0 Å². The number of sulfonamides is 1. The average Bonchev–Trinajstić information content (AvgIpc) is 2.61. The lowest BCUT2D eigenvalue weighted by molar-refractivity contribution is 0.347. The number of hydrogen-bond donors (Lipinski definition) is 0. The van der Waals surface area contributed by atoms with Crippen LogP contribution in [0.4, 0.5) is 5.69 Å². The minimum absolute atomic E-state index is 0.172. The second kappa shape index (κ2) is 4.19. The number of rotatable bonds is 1. The van der Waals surface area contributed by atoms with Crippen LogP contribution in [0.15, 0.2) is 41.5 Å². The van der Waals surface area contributed by atoms with Crippen LogP contribution in [-0.4, -0.2) is 31.2 Å². The summed E-state index contributed by atoms with van der Waals surface area (Å²) in [6.07, 6.45) is 2.61. The van der Waals surface area contributed by atoms with Crippen LogP contribution < -0.4 is 0 Å². The van der Waals surface area contributed by atoms with E-state index in [2.05, 4.69) is 17.6 Å². The Morgan fingerprint density at radius 3 is 2.70 bits per heavy atom. The monoisotopic (exact) mass is 290 g/mol. The molecule has 2 aliphatic rings. The number of piperidine rings is 1. The molecular formula is C15H18N2O2S. The molecule has 1 atom stereocenters. The first-order chi connectivity index (χ1) is 9.34. The molecule has 0 N–H and O–H groups in total. The van der Waals surface area contributed by atoms with Gasteiger partial charge in [-0.3, -0.25) is 9.30 Å². The van der Waals surface area contributed by atoms with Gasteiger partial charge < -0.3 is 0 Å². The molecule has 106 valence electrons. The number of allylic oxidation sites excluding steroid dienone is 1. The highest BCUT2D eigenvalue weighted by atomic mass is 32.2. The van der Waals surface area contributed by atoms with E-state index in [1.165, 1.54) is 16.1 Å². The SMILES string of the molecule is C=C1CC2(CCN1S(C)(=O)=O)C(C)=Nc1ccccc12. The van der Waals surface area contributed by atoms with Crippen LogP contribution in [0.3, 0.4) is 0 Å². The third kappa shape index (κ3) is 1.80. The first-order valence-corrected chi connectivity index (χ1v) is 8.50. The quantitative estimate of drug-likeness (QED) is 0.798. The maximum Gasteiger partial charge on any atom is 0.231 e. The van der Waals surface area contributed by atoms with Crippen molar-refractivity contribution in [3.63, 3.8) is 0 Å². The van der Waals surface area contributed by atoms with Crippen molar-refractivity contribution in [1.29, 1.82) is 0 Å². The second-order valence-corrected chi connectivity index (χ2v) is 7.53. The van der Waals surface area contributed by atoms with Gasteiger partial charge in [0.05, 0.1) is 11.9 Å². The van der Waals surface area contributed by atoms with Crippen molar-refractivity contribution in [2.45, 2.75) is 25.2 Å². The Kier molecular flexibility index (Phi) is 2.80. The number of para-hydroxylation sites is 1. The molecule has 1 saturated heterocycles. The molecular weight excluding hydrogens is 272 g/mol. The van der Waals surface area contributed by atoms with E-state index in [9.17, 15) is 8.42 Å². The van der Waals surface area contributed by atoms with Gasteiger partial charge in [-0.25, -0.2) is 8.42 Å². The zero-order valence-corrected chi connectivity index (χ0v) is 12.6. The Balaban J connectivity index is 2.02. The van der Waals surface area contributed by atoms with Gasteiger partial charge >= 0.3 is 0 Å². The van der Waals surface area contributed by atoms with Gasteiger partial charge in [0, 0.05) is 29.8 Å². The summed E-state index contributed by atoms with van der Waals surface area (Å²) in [7, 11) is -3.22. The summed E-state index contributed by atoms with van der Waals surface area (Å²) in [5.74, 6) is 0. The van der Waals surface area contributed by atoms with E-state index in [1.807, 2.05) is 25.1 Å². The number of hydrogen-bond acceptors (Lipinski definition) is 3. The molecule has 5 heteroatoms. The minimum Gasteiger partial charge on any atom is -0.275 e. The molecule has 0 aromatic heterocycles. The molecule has 1 unspecified atom stereocenters. The van der Waals surface area contributed by atoms with Gasteiger partial charge in [-0.1, -0.05) is 24.8 Å². The predicted molar refractivity (Wildman–Crippen MR) is 80.8 cm³/mol. The van der Waals surface area contributed by atoms with E-state index < -0.39 is 10.0 Å². The summed E-state index contributed by atoms with van der Waals surface area (Å²) < 4.78 is 24.9. The van der Waals surface area contributed by atoms with E-state index in [4.69, 9.17) is 0 Å². The zero-order valence-electron chi connectivity index (χ0n) is 11.8. The predicted octanol–water partition coefficient (Wildman–Crippen LogP) is 2.60. The maximum absolute atomic E-state index is 11.8. The Hall–Kier alpha value is -1.62. The van der Waals surface area contributed by atoms with Gasteiger partial charge in [-0.2, -0.15) is 0 Å². The second-order valence-electron chi connectivity index (χ2n) is 5.62. The van der Waals surface area contributed by atoms with E-state index in [0.717, 1.165) is 17.8 Å². The molecule has 2 heterocycles. The fourth-order valence-corrected chi connectivity index (χ4v) is 4.33. The lowest BCUT2D eigenvalue weighted by Crippen LogP contribution is -2.45. The van der Waals surface area contributed by atoms with Gasteiger partial charge in [0.25, 0.3) is 0 Å². The summed E-state index contributed by atoms with van der Waals surface area (Å²) >= 11 is 0. The van der Waals surface area contributed by atoms with Crippen LogP contribution in [0.5, 0.6) is 0 Å². The normalized spacial score (nSPS) is 25.8. The molecule has 0 amide bonds. The fourth-order valence-electron chi connectivity index (χ4n) is 3.37. The summed E-state index contributed by atoms with van der Waals surface area (Å²) in [5.41, 5.74) is 3.75. The lowest BCUT2D eigenvalue weighted by atomic mass is 9.70. The van der Waals surface area contributed by atoms with Gasteiger partial charge in [-0.15, -0.1) is 0 Å². The van der Waals surface area contributed by atoms with Crippen LogP contribution in [0.25, 0.3) is 0 Å². The van der Waals surface area contributed by atoms with E-state index in [0.29, 0.717) is 18.7 Å². The lowest BCUT2D eigenvalue weighted by Gasteiger charge is -2.41. The van der Waals surface area contributed by atoms with Crippen molar-refractivity contribution in [3.8, 4) is 0 Å². The Labute approximate surface area is 119 Å². The molecule has 0 saturated carbocycles. The van der Waals surface area contributed by atoms with Crippen molar-refractivity contribution in [1.82, 2.24) is 4.31 Å². The van der Waals surface area contributed by atoms with Crippen molar-refractivity contribution in [2.75, 3.05) is 12.8 Å². The Morgan fingerprint density at radius 1 is 1.35 bits per heavy atom. The molecule has 4 nitrogen and oxygen atoms in total. The minimum atomic E-state index is -3.22. The van der Waals surface area contributed by atoms with Crippen LogP contribution in [0.1, 0.15) is 25.3 Å². The third-order valence-corrected chi connectivity index (χ3v) is 5.64.